The highest BCUT2D eigenvalue weighted by molar-refractivity contribution is 8.16. The Balaban J connectivity index is 1.67. The van der Waals surface area contributed by atoms with Crippen LogP contribution in [-0.4, -0.2) is 28.0 Å². The number of thioether (sulfide) groups is 1. The van der Waals surface area contributed by atoms with E-state index in [4.69, 9.17) is 9.73 Å². The third-order valence-electron chi connectivity index (χ3n) is 6.31. The number of hydrogen-bond donors (Lipinski definition) is 1. The lowest BCUT2D eigenvalue weighted by Crippen LogP contribution is -2.39. The van der Waals surface area contributed by atoms with Crippen LogP contribution in [-0.2, 0) is 14.3 Å². The van der Waals surface area contributed by atoms with Crippen LogP contribution in [0.5, 0.6) is 0 Å². The molecule has 2 aliphatic rings. The van der Waals surface area contributed by atoms with Crippen molar-refractivity contribution in [2.24, 2.45) is 4.99 Å². The van der Waals surface area contributed by atoms with Gasteiger partial charge in [-0.3, -0.25) is 4.79 Å². The first-order valence-corrected chi connectivity index (χ1v) is 13.1. The first-order chi connectivity index (χ1) is 17.2. The number of carbonyl (C=O) groups is 2. The molecule has 2 aromatic carbocycles. The lowest BCUT2D eigenvalue weighted by atomic mass is 9.90. The summed E-state index contributed by atoms with van der Waals surface area (Å²) in [7, 11) is 0. The number of aliphatic imine (C=N–C) groups is 1. The Morgan fingerprint density at radius 3 is 2.50 bits per heavy atom. The lowest BCUT2D eigenvalue weighted by Gasteiger charge is -2.37. The number of esters is 1. The van der Waals surface area contributed by atoms with Gasteiger partial charge in [-0.05, 0) is 63.6 Å². The van der Waals surface area contributed by atoms with E-state index >= 15 is 0 Å². The van der Waals surface area contributed by atoms with E-state index in [1.165, 1.54) is 11.8 Å². The number of aryl methyl sites for hydroxylation is 2. The van der Waals surface area contributed by atoms with Crippen LogP contribution in [0.2, 0.25) is 0 Å². The summed E-state index contributed by atoms with van der Waals surface area (Å²) < 4.78 is 5.65. The first-order valence-electron chi connectivity index (χ1n) is 12.2. The molecule has 0 radical (unpaired) electrons. The van der Waals surface area contributed by atoms with E-state index < -0.39 is 6.04 Å². The number of nitrogens with one attached hydrogen (secondary N) is 1. The minimum absolute atomic E-state index is 0.0863. The van der Waals surface area contributed by atoms with Gasteiger partial charge in [-0.25, -0.2) is 9.79 Å². The third-order valence-corrected chi connectivity index (χ3v) is 7.20. The number of fused-ring (bicyclic) bond motifs is 1. The Hall–Kier alpha value is -3.32. The molecule has 6 nitrogen and oxygen atoms in total. The van der Waals surface area contributed by atoms with Gasteiger partial charge < -0.3 is 15.0 Å². The van der Waals surface area contributed by atoms with Gasteiger partial charge in [0.15, 0.2) is 5.17 Å². The van der Waals surface area contributed by atoms with Gasteiger partial charge in [0.05, 0.1) is 35.9 Å². The average molecular weight is 504 g/mol. The Labute approximate surface area is 217 Å². The van der Waals surface area contributed by atoms with Gasteiger partial charge in [-0.2, -0.15) is 0 Å². The molecule has 0 bridgehead atoms. The van der Waals surface area contributed by atoms with Crippen LogP contribution in [0.4, 0.5) is 0 Å². The topological polar surface area (TPSA) is 71.0 Å². The van der Waals surface area contributed by atoms with Crippen LogP contribution in [0.25, 0.3) is 0 Å². The van der Waals surface area contributed by atoms with E-state index in [1.54, 1.807) is 0 Å². The fraction of sp³-hybridized carbons (Fsp3) is 0.345. The lowest BCUT2D eigenvalue weighted by molar-refractivity contribution is -0.143. The first kappa shape index (κ1) is 25.8. The number of benzene rings is 2. The van der Waals surface area contributed by atoms with E-state index in [9.17, 15) is 9.59 Å². The maximum atomic E-state index is 13.3. The summed E-state index contributed by atoms with van der Waals surface area (Å²) in [6.45, 7) is 11.6. The van der Waals surface area contributed by atoms with Gasteiger partial charge in [0, 0.05) is 5.70 Å². The van der Waals surface area contributed by atoms with Crippen molar-refractivity contribution in [3.05, 3.63) is 93.2 Å². The van der Waals surface area contributed by atoms with E-state index in [2.05, 4.69) is 23.5 Å². The summed E-state index contributed by atoms with van der Waals surface area (Å²) in [5, 5.41) is 5.83. The molecule has 2 heterocycles. The highest BCUT2D eigenvalue weighted by atomic mass is 32.2. The molecule has 188 valence electrons. The standard InChI is InChI=1S/C29H33N3O3S/c1-17(2)35-28(34)26-21(6)31-29-32(27(26)24-14-18(3)12-13-19(24)4)23(16-36-29)15-25(33)30-20(5)22-10-8-7-9-11-22/h7-14,16-17,20,27H,15H2,1-6H3,(H,30,33). The number of rotatable bonds is 7. The molecule has 0 fully saturated rings. The number of hydrogen-bond acceptors (Lipinski definition) is 6. The monoisotopic (exact) mass is 503 g/mol. The Morgan fingerprint density at radius 2 is 1.81 bits per heavy atom. The molecule has 0 aliphatic carbocycles. The number of ether oxygens (including phenoxy) is 1. The predicted molar refractivity (Wildman–Crippen MR) is 145 cm³/mol. The normalized spacial score (nSPS) is 18.0. The second kappa shape index (κ2) is 10.7. The van der Waals surface area contributed by atoms with Crippen molar-refractivity contribution in [3.8, 4) is 0 Å². The van der Waals surface area contributed by atoms with Gasteiger partial charge in [-0.15, -0.1) is 0 Å². The third kappa shape index (κ3) is 5.41. The van der Waals surface area contributed by atoms with Crippen molar-refractivity contribution in [1.29, 1.82) is 0 Å². The molecule has 2 aromatic rings. The Bertz CT molecular complexity index is 1260. The zero-order chi connectivity index (χ0) is 26.0. The molecule has 2 atom stereocenters. The zero-order valence-corrected chi connectivity index (χ0v) is 22.5. The predicted octanol–water partition coefficient (Wildman–Crippen LogP) is 6.10. The molecule has 0 saturated heterocycles. The molecule has 36 heavy (non-hydrogen) atoms. The fourth-order valence-electron chi connectivity index (χ4n) is 4.54. The van der Waals surface area contributed by atoms with Crippen LogP contribution in [0.15, 0.2) is 75.9 Å². The van der Waals surface area contributed by atoms with E-state index in [-0.39, 0.29) is 30.4 Å². The second-order valence-electron chi connectivity index (χ2n) is 9.58. The summed E-state index contributed by atoms with van der Waals surface area (Å²) in [6.07, 6.45) is -0.0773. The van der Waals surface area contributed by atoms with E-state index in [0.29, 0.717) is 11.3 Å². The Kier molecular flexibility index (Phi) is 7.69. The minimum atomic E-state index is -0.427. The van der Waals surface area contributed by atoms with Crippen molar-refractivity contribution < 1.29 is 14.3 Å². The highest BCUT2D eigenvalue weighted by Crippen LogP contribution is 2.45. The smallest absolute Gasteiger partial charge is 0.338 e. The second-order valence-corrected chi connectivity index (χ2v) is 10.4. The van der Waals surface area contributed by atoms with Gasteiger partial charge in [-0.1, -0.05) is 65.9 Å². The van der Waals surface area contributed by atoms with Gasteiger partial charge in [0.1, 0.15) is 0 Å². The number of amides is 1. The molecule has 2 unspecified atom stereocenters. The molecule has 2 aliphatic heterocycles. The van der Waals surface area contributed by atoms with Gasteiger partial charge in [0.2, 0.25) is 5.91 Å². The van der Waals surface area contributed by atoms with Crippen LogP contribution >= 0.6 is 11.8 Å². The molecule has 0 saturated carbocycles. The highest BCUT2D eigenvalue weighted by Gasteiger charge is 2.42. The van der Waals surface area contributed by atoms with Crippen molar-refractivity contribution in [2.75, 3.05) is 0 Å². The maximum Gasteiger partial charge on any atom is 0.338 e. The molecular formula is C29H33N3O3S. The SMILES string of the molecule is CC1=C(C(=O)OC(C)C)C(c2cc(C)ccc2C)N2C(CC(=O)NC(C)c3ccccc3)=CSC2=N1. The van der Waals surface area contributed by atoms with Gasteiger partial charge >= 0.3 is 5.97 Å². The zero-order valence-electron chi connectivity index (χ0n) is 21.7. The van der Waals surface area contributed by atoms with Crippen molar-refractivity contribution in [3.63, 3.8) is 0 Å². The Morgan fingerprint density at radius 1 is 1.08 bits per heavy atom. The van der Waals surface area contributed by atoms with Crippen molar-refractivity contribution >= 4 is 28.8 Å². The minimum Gasteiger partial charge on any atom is -0.459 e. The molecule has 1 amide bonds. The van der Waals surface area contributed by atoms with Crippen LogP contribution < -0.4 is 5.32 Å². The largest absolute Gasteiger partial charge is 0.459 e. The van der Waals surface area contributed by atoms with Crippen LogP contribution in [0.3, 0.4) is 0 Å². The summed E-state index contributed by atoms with van der Waals surface area (Å²) in [5.41, 5.74) is 6.17. The number of nitrogens with zero attached hydrogens (tertiary/aromatic N) is 2. The number of carbonyl (C=O) groups excluding carboxylic acids is 2. The fourth-order valence-corrected chi connectivity index (χ4v) is 5.50. The molecule has 0 spiro atoms. The summed E-state index contributed by atoms with van der Waals surface area (Å²) in [4.78, 5) is 33.2. The van der Waals surface area contributed by atoms with Crippen LogP contribution in [0.1, 0.15) is 68.5 Å². The molecular weight excluding hydrogens is 470 g/mol. The number of amidine groups is 1. The summed E-state index contributed by atoms with van der Waals surface area (Å²) in [5.74, 6) is -0.466. The molecule has 0 aromatic heterocycles. The van der Waals surface area contributed by atoms with E-state index in [1.807, 2.05) is 82.2 Å². The maximum absolute atomic E-state index is 13.3. The number of allylic oxidation sites excluding steroid dienone is 1. The van der Waals surface area contributed by atoms with Crippen molar-refractivity contribution in [2.45, 2.75) is 66.2 Å². The average Bonchev–Trinajstić information content (AvgIpc) is 3.21. The van der Waals surface area contributed by atoms with E-state index in [0.717, 1.165) is 33.1 Å². The van der Waals surface area contributed by atoms with Crippen LogP contribution in [0, 0.1) is 13.8 Å². The van der Waals surface area contributed by atoms with Gasteiger partial charge in [0.25, 0.3) is 0 Å². The quantitative estimate of drug-likeness (QED) is 0.463. The molecule has 1 N–H and O–H groups in total. The molecule has 4 rings (SSSR count). The summed E-state index contributed by atoms with van der Waals surface area (Å²) in [6, 6.07) is 15.6. The summed E-state index contributed by atoms with van der Waals surface area (Å²) >= 11 is 1.48. The van der Waals surface area contributed by atoms with Crippen molar-refractivity contribution in [1.82, 2.24) is 10.2 Å². The molecule has 7 heteroatoms.